The Morgan fingerprint density at radius 1 is 0.889 bits per heavy atom. The van der Waals surface area contributed by atoms with Gasteiger partial charge in [0, 0.05) is 4.90 Å². The van der Waals surface area contributed by atoms with Crippen LogP contribution in [-0.2, 0) is 11.4 Å². The number of hydrogen-bond donors (Lipinski definition) is 2. The van der Waals surface area contributed by atoms with Gasteiger partial charge in [-0.25, -0.2) is 0 Å². The van der Waals surface area contributed by atoms with Gasteiger partial charge in [-0.2, -0.15) is 0 Å². The molecule has 0 fully saturated rings. The highest BCUT2D eigenvalue weighted by Crippen LogP contribution is 2.16. The summed E-state index contributed by atoms with van der Waals surface area (Å²) in [6.45, 7) is 0.206. The summed E-state index contributed by atoms with van der Waals surface area (Å²) in [5.41, 5.74) is 4.70. The van der Waals surface area contributed by atoms with Crippen molar-refractivity contribution in [2.45, 2.75) is 11.5 Å². The van der Waals surface area contributed by atoms with E-state index in [0.29, 0.717) is 11.5 Å². The average molecular weight is 382 g/mol. The molecule has 0 aliphatic rings. The third-order valence-corrected chi connectivity index (χ3v) is 4.45. The van der Waals surface area contributed by atoms with Gasteiger partial charge in [0.05, 0.1) is 5.75 Å². The number of carbonyl (C=O) groups is 2. The third-order valence-electron chi connectivity index (χ3n) is 3.44. The number of carbonyl (C=O) groups excluding carboxylic acids is 2. The van der Waals surface area contributed by atoms with Gasteiger partial charge in [0.15, 0.2) is 5.76 Å². The minimum atomic E-state index is -0.529. The number of benzene rings is 2. The summed E-state index contributed by atoms with van der Waals surface area (Å²) < 4.78 is 11.0. The highest BCUT2D eigenvalue weighted by Gasteiger charge is 2.12. The summed E-state index contributed by atoms with van der Waals surface area (Å²) in [6.07, 6.45) is 0. The molecule has 3 aromatic rings. The molecule has 2 N–H and O–H groups in total. The normalized spacial score (nSPS) is 10.2. The molecular formula is C20H18N2O4S. The Kier molecular flexibility index (Phi) is 6.54. The fraction of sp³-hybridized carbons (Fsp3) is 0.100. The first kappa shape index (κ1) is 18.6. The second-order valence-electron chi connectivity index (χ2n) is 5.47. The van der Waals surface area contributed by atoms with E-state index in [1.165, 1.54) is 17.8 Å². The van der Waals surface area contributed by atoms with Gasteiger partial charge in [0.1, 0.15) is 18.1 Å². The summed E-state index contributed by atoms with van der Waals surface area (Å²) in [6, 6.07) is 22.0. The number of amides is 2. The zero-order valence-corrected chi connectivity index (χ0v) is 15.2. The van der Waals surface area contributed by atoms with E-state index in [2.05, 4.69) is 10.9 Å². The highest BCUT2D eigenvalue weighted by molar-refractivity contribution is 8.00. The van der Waals surface area contributed by atoms with Crippen LogP contribution in [0.4, 0.5) is 0 Å². The van der Waals surface area contributed by atoms with Gasteiger partial charge >= 0.3 is 5.91 Å². The lowest BCUT2D eigenvalue weighted by molar-refractivity contribution is -0.119. The van der Waals surface area contributed by atoms with Crippen LogP contribution in [0.25, 0.3) is 0 Å². The number of para-hydroxylation sites is 1. The quantitative estimate of drug-likeness (QED) is 0.483. The van der Waals surface area contributed by atoms with Crippen molar-refractivity contribution in [3.8, 4) is 5.75 Å². The predicted octanol–water partition coefficient (Wildman–Crippen LogP) is 3.41. The Morgan fingerprint density at radius 2 is 1.59 bits per heavy atom. The molecule has 2 aromatic carbocycles. The molecule has 0 atom stereocenters. The fourth-order valence-corrected chi connectivity index (χ4v) is 2.86. The van der Waals surface area contributed by atoms with E-state index in [-0.39, 0.29) is 24.0 Å². The van der Waals surface area contributed by atoms with E-state index in [1.807, 2.05) is 60.7 Å². The summed E-state index contributed by atoms with van der Waals surface area (Å²) in [4.78, 5) is 24.8. The first-order chi connectivity index (χ1) is 13.2. The summed E-state index contributed by atoms with van der Waals surface area (Å²) in [5, 5.41) is 0. The molecule has 2 amide bonds. The van der Waals surface area contributed by atoms with Crippen molar-refractivity contribution in [2.75, 3.05) is 5.75 Å². The molecule has 0 radical (unpaired) electrons. The molecule has 0 saturated carbocycles. The van der Waals surface area contributed by atoms with Crippen molar-refractivity contribution >= 4 is 23.6 Å². The van der Waals surface area contributed by atoms with Crippen molar-refractivity contribution in [3.63, 3.8) is 0 Å². The molecule has 138 valence electrons. The Hall–Kier alpha value is -3.19. The Labute approximate surface area is 160 Å². The fourth-order valence-electron chi connectivity index (χ4n) is 2.14. The Morgan fingerprint density at radius 3 is 2.33 bits per heavy atom. The molecule has 0 spiro atoms. The number of ether oxygens (including phenoxy) is 1. The number of hydrogen-bond acceptors (Lipinski definition) is 5. The van der Waals surface area contributed by atoms with Crippen LogP contribution in [0.5, 0.6) is 5.75 Å². The van der Waals surface area contributed by atoms with Gasteiger partial charge in [0.25, 0.3) is 0 Å². The molecule has 0 aliphatic heterocycles. The van der Waals surface area contributed by atoms with Crippen molar-refractivity contribution in [3.05, 3.63) is 84.3 Å². The molecule has 7 heteroatoms. The lowest BCUT2D eigenvalue weighted by Gasteiger charge is -2.06. The predicted molar refractivity (Wildman–Crippen MR) is 102 cm³/mol. The van der Waals surface area contributed by atoms with E-state index in [4.69, 9.17) is 9.15 Å². The molecule has 0 bridgehead atoms. The van der Waals surface area contributed by atoms with E-state index in [1.54, 1.807) is 6.07 Å². The van der Waals surface area contributed by atoms with Gasteiger partial charge in [-0.15, -0.1) is 11.8 Å². The van der Waals surface area contributed by atoms with Crippen LogP contribution in [0.2, 0.25) is 0 Å². The SMILES string of the molecule is O=C(CSc1ccccc1)NNC(=O)c1ccc(COc2ccccc2)o1. The monoisotopic (exact) mass is 382 g/mol. The number of furan rings is 1. The van der Waals surface area contributed by atoms with Gasteiger partial charge in [-0.3, -0.25) is 20.4 Å². The third kappa shape index (κ3) is 5.93. The van der Waals surface area contributed by atoms with Crippen LogP contribution in [0.1, 0.15) is 16.3 Å². The lowest BCUT2D eigenvalue weighted by atomic mass is 10.3. The zero-order valence-electron chi connectivity index (χ0n) is 14.4. The molecule has 0 saturated heterocycles. The van der Waals surface area contributed by atoms with Gasteiger partial charge in [-0.1, -0.05) is 36.4 Å². The maximum Gasteiger partial charge on any atom is 0.305 e. The summed E-state index contributed by atoms with van der Waals surface area (Å²) in [7, 11) is 0. The van der Waals surface area contributed by atoms with E-state index in [0.717, 1.165) is 4.90 Å². The molecule has 1 heterocycles. The average Bonchev–Trinajstić information content (AvgIpc) is 3.20. The Bertz CT molecular complexity index is 881. The van der Waals surface area contributed by atoms with Crippen molar-refractivity contribution in [2.24, 2.45) is 0 Å². The van der Waals surface area contributed by atoms with Crippen LogP contribution in [0, 0.1) is 0 Å². The molecule has 27 heavy (non-hydrogen) atoms. The van der Waals surface area contributed by atoms with Crippen LogP contribution in [-0.4, -0.2) is 17.6 Å². The number of hydrazine groups is 1. The van der Waals surface area contributed by atoms with E-state index in [9.17, 15) is 9.59 Å². The minimum absolute atomic E-state index is 0.0951. The highest BCUT2D eigenvalue weighted by atomic mass is 32.2. The number of nitrogens with one attached hydrogen (secondary N) is 2. The van der Waals surface area contributed by atoms with Gasteiger partial charge in [0.2, 0.25) is 5.91 Å². The minimum Gasteiger partial charge on any atom is -0.486 e. The maximum absolute atomic E-state index is 12.0. The van der Waals surface area contributed by atoms with Crippen molar-refractivity contribution < 1.29 is 18.7 Å². The molecule has 3 rings (SSSR count). The first-order valence-electron chi connectivity index (χ1n) is 8.24. The smallest absolute Gasteiger partial charge is 0.305 e. The van der Waals surface area contributed by atoms with Crippen LogP contribution in [0.15, 0.2) is 82.1 Å². The standard InChI is InChI=1S/C20H18N2O4S/c23-19(14-27-17-9-5-2-6-10-17)21-22-20(24)18-12-11-16(26-18)13-25-15-7-3-1-4-8-15/h1-12H,13-14H2,(H,21,23)(H,22,24). The van der Waals surface area contributed by atoms with Gasteiger partial charge in [-0.05, 0) is 36.4 Å². The van der Waals surface area contributed by atoms with E-state index >= 15 is 0 Å². The largest absolute Gasteiger partial charge is 0.486 e. The first-order valence-corrected chi connectivity index (χ1v) is 9.23. The summed E-state index contributed by atoms with van der Waals surface area (Å²) in [5.74, 6) is 0.671. The summed E-state index contributed by atoms with van der Waals surface area (Å²) >= 11 is 1.38. The Balaban J connectivity index is 1.41. The number of rotatable bonds is 7. The van der Waals surface area contributed by atoms with Crippen LogP contribution < -0.4 is 15.6 Å². The lowest BCUT2D eigenvalue weighted by Crippen LogP contribution is -2.42. The van der Waals surface area contributed by atoms with Crippen LogP contribution in [0.3, 0.4) is 0 Å². The maximum atomic E-state index is 12.0. The topological polar surface area (TPSA) is 80.6 Å². The van der Waals surface area contributed by atoms with Crippen molar-refractivity contribution in [1.82, 2.24) is 10.9 Å². The second kappa shape index (κ2) is 9.49. The molecule has 0 unspecified atom stereocenters. The molecule has 0 aliphatic carbocycles. The molecule has 1 aromatic heterocycles. The van der Waals surface area contributed by atoms with Crippen LogP contribution >= 0.6 is 11.8 Å². The van der Waals surface area contributed by atoms with Crippen molar-refractivity contribution in [1.29, 1.82) is 0 Å². The number of thioether (sulfide) groups is 1. The zero-order chi connectivity index (χ0) is 18.9. The molecular weight excluding hydrogens is 364 g/mol. The molecule has 6 nitrogen and oxygen atoms in total. The van der Waals surface area contributed by atoms with E-state index < -0.39 is 5.91 Å². The second-order valence-corrected chi connectivity index (χ2v) is 6.52. The van der Waals surface area contributed by atoms with Gasteiger partial charge < -0.3 is 9.15 Å².